The third kappa shape index (κ3) is 4.16. The highest BCUT2D eigenvalue weighted by Gasteiger charge is 2.40. The van der Waals surface area contributed by atoms with E-state index in [1.54, 1.807) is 6.07 Å². The maximum Gasteiger partial charge on any atom is 0.315 e. The fourth-order valence-corrected chi connectivity index (χ4v) is 4.26. The molecular formula is C26H30O4. The third-order valence-electron chi connectivity index (χ3n) is 5.70. The summed E-state index contributed by atoms with van der Waals surface area (Å²) in [4.78, 5) is 12.0. The van der Waals surface area contributed by atoms with Crippen molar-refractivity contribution in [3.63, 3.8) is 0 Å². The van der Waals surface area contributed by atoms with Gasteiger partial charge in [0.25, 0.3) is 0 Å². The lowest BCUT2D eigenvalue weighted by Crippen LogP contribution is -2.41. The van der Waals surface area contributed by atoms with Gasteiger partial charge >= 0.3 is 5.97 Å². The van der Waals surface area contributed by atoms with E-state index in [-0.39, 0.29) is 22.7 Å². The molecule has 30 heavy (non-hydrogen) atoms. The van der Waals surface area contributed by atoms with Gasteiger partial charge in [-0.2, -0.15) is 0 Å². The van der Waals surface area contributed by atoms with Crippen molar-refractivity contribution < 1.29 is 19.4 Å². The maximum absolute atomic E-state index is 12.0. The molecule has 0 radical (unpaired) electrons. The average molecular weight is 407 g/mol. The van der Waals surface area contributed by atoms with Crippen molar-refractivity contribution in [3.05, 3.63) is 58.7 Å². The normalized spacial score (nSPS) is 16.5. The van der Waals surface area contributed by atoms with E-state index in [2.05, 4.69) is 25.7 Å². The van der Waals surface area contributed by atoms with E-state index in [0.29, 0.717) is 5.75 Å². The van der Waals surface area contributed by atoms with Gasteiger partial charge in [-0.05, 0) is 69.4 Å². The van der Waals surface area contributed by atoms with Crippen molar-refractivity contribution in [2.75, 3.05) is 7.11 Å². The molecule has 0 bridgehead atoms. The molecule has 0 atom stereocenters. The summed E-state index contributed by atoms with van der Waals surface area (Å²) < 4.78 is 10.9. The van der Waals surface area contributed by atoms with E-state index >= 15 is 0 Å². The van der Waals surface area contributed by atoms with Crippen LogP contribution in [0.3, 0.4) is 0 Å². The Kier molecular flexibility index (Phi) is 5.37. The topological polar surface area (TPSA) is 55.8 Å². The number of carbonyl (C=O) groups excluding carboxylic acids is 1. The lowest BCUT2D eigenvalue weighted by atomic mass is 9.73. The Morgan fingerprint density at radius 2 is 1.67 bits per heavy atom. The smallest absolute Gasteiger partial charge is 0.315 e. The highest BCUT2D eigenvalue weighted by atomic mass is 16.5. The summed E-state index contributed by atoms with van der Waals surface area (Å²) in [5.74, 6) is 6.68. The minimum atomic E-state index is -0.718. The van der Waals surface area contributed by atoms with Gasteiger partial charge in [0.05, 0.1) is 12.5 Å². The number of aromatic hydroxyl groups is 1. The second kappa shape index (κ2) is 7.40. The van der Waals surface area contributed by atoms with Gasteiger partial charge in [0.1, 0.15) is 5.60 Å². The third-order valence-corrected chi connectivity index (χ3v) is 5.70. The predicted octanol–water partition coefficient (Wildman–Crippen LogP) is 5.08. The SMILES string of the molecule is COC(=O)C(C)(C)c1ccc(C#Cc2cc(O)c3c(c2)C(C)(C)CC(C)(C)O3)cc1. The van der Waals surface area contributed by atoms with Crippen molar-refractivity contribution in [1.29, 1.82) is 0 Å². The molecule has 2 aromatic rings. The maximum atomic E-state index is 12.0. The molecule has 4 heteroatoms. The van der Waals surface area contributed by atoms with E-state index < -0.39 is 5.41 Å². The first-order chi connectivity index (χ1) is 13.9. The van der Waals surface area contributed by atoms with Gasteiger partial charge in [-0.3, -0.25) is 4.79 Å². The zero-order chi connectivity index (χ0) is 22.3. The van der Waals surface area contributed by atoms with Crippen LogP contribution in [0.25, 0.3) is 0 Å². The van der Waals surface area contributed by atoms with Crippen LogP contribution in [-0.4, -0.2) is 23.8 Å². The Hall–Kier alpha value is -2.93. The highest BCUT2D eigenvalue weighted by Crippen LogP contribution is 2.48. The number of benzene rings is 2. The van der Waals surface area contributed by atoms with Crippen molar-refractivity contribution >= 4 is 5.97 Å². The fraction of sp³-hybridized carbons (Fsp3) is 0.423. The Morgan fingerprint density at radius 3 is 2.27 bits per heavy atom. The molecule has 0 spiro atoms. The number of methoxy groups -OCH3 is 1. The number of rotatable bonds is 2. The Morgan fingerprint density at radius 1 is 1.07 bits per heavy atom. The molecule has 1 aliphatic heterocycles. The van der Waals surface area contributed by atoms with Crippen LogP contribution in [-0.2, 0) is 20.4 Å². The molecule has 1 aliphatic rings. The Labute approximate surface area is 179 Å². The van der Waals surface area contributed by atoms with Crippen LogP contribution in [0, 0.1) is 11.8 Å². The van der Waals surface area contributed by atoms with E-state index in [9.17, 15) is 9.90 Å². The fourth-order valence-electron chi connectivity index (χ4n) is 4.26. The molecular weight excluding hydrogens is 376 g/mol. The quantitative estimate of drug-likeness (QED) is 0.558. The number of hydrogen-bond donors (Lipinski definition) is 1. The van der Waals surface area contributed by atoms with Gasteiger partial charge in [-0.25, -0.2) is 0 Å². The second-order valence-electron chi connectivity index (χ2n) is 9.74. The molecule has 0 aromatic heterocycles. The number of hydrogen-bond acceptors (Lipinski definition) is 4. The molecule has 2 aromatic carbocycles. The van der Waals surface area contributed by atoms with Gasteiger partial charge in [0.2, 0.25) is 0 Å². The zero-order valence-electron chi connectivity index (χ0n) is 18.8. The van der Waals surface area contributed by atoms with Gasteiger partial charge in [0.15, 0.2) is 11.5 Å². The van der Waals surface area contributed by atoms with E-state index in [1.165, 1.54) is 7.11 Å². The molecule has 4 nitrogen and oxygen atoms in total. The largest absolute Gasteiger partial charge is 0.504 e. The van der Waals surface area contributed by atoms with Crippen LogP contribution < -0.4 is 4.74 Å². The minimum Gasteiger partial charge on any atom is -0.504 e. The number of phenolic OH excluding ortho intramolecular Hbond substituents is 1. The van der Waals surface area contributed by atoms with Crippen LogP contribution in [0.5, 0.6) is 11.5 Å². The van der Waals surface area contributed by atoms with Crippen LogP contribution >= 0.6 is 0 Å². The summed E-state index contributed by atoms with van der Waals surface area (Å²) in [5.41, 5.74) is 2.22. The zero-order valence-corrected chi connectivity index (χ0v) is 18.8. The molecule has 1 N–H and O–H groups in total. The van der Waals surface area contributed by atoms with Crippen molar-refractivity contribution in [1.82, 2.24) is 0 Å². The lowest BCUT2D eigenvalue weighted by Gasteiger charge is -2.42. The number of esters is 1. The molecule has 0 amide bonds. The standard InChI is InChI=1S/C26H30O4/c1-24(2)16-25(3,4)30-22-20(24)14-18(15-21(22)27)9-8-17-10-12-19(13-11-17)26(5,6)23(28)29-7/h10-15,27H,16H2,1-7H3. The second-order valence-corrected chi connectivity index (χ2v) is 9.74. The molecule has 3 rings (SSSR count). The molecule has 0 aliphatic carbocycles. The molecule has 158 valence electrons. The molecule has 0 unspecified atom stereocenters. The van der Waals surface area contributed by atoms with Gasteiger partial charge in [0, 0.05) is 16.7 Å². The number of fused-ring (bicyclic) bond motifs is 1. The van der Waals surface area contributed by atoms with Crippen LogP contribution in [0.2, 0.25) is 0 Å². The molecule has 0 fully saturated rings. The summed E-state index contributed by atoms with van der Waals surface area (Å²) in [6.45, 7) is 12.1. The first-order valence-electron chi connectivity index (χ1n) is 10.1. The van der Waals surface area contributed by atoms with Crippen LogP contribution in [0.1, 0.15) is 70.2 Å². The van der Waals surface area contributed by atoms with Gasteiger partial charge in [-0.15, -0.1) is 0 Å². The Balaban J connectivity index is 1.91. The average Bonchev–Trinajstić information content (AvgIpc) is 2.65. The summed E-state index contributed by atoms with van der Waals surface area (Å²) in [7, 11) is 1.39. The molecule has 0 saturated carbocycles. The van der Waals surface area contributed by atoms with Gasteiger partial charge in [-0.1, -0.05) is 37.8 Å². The summed E-state index contributed by atoms with van der Waals surface area (Å²) >= 11 is 0. The molecule has 1 heterocycles. The van der Waals surface area contributed by atoms with Gasteiger partial charge < -0.3 is 14.6 Å². The predicted molar refractivity (Wildman–Crippen MR) is 118 cm³/mol. The molecule has 0 saturated heterocycles. The monoisotopic (exact) mass is 406 g/mol. The van der Waals surface area contributed by atoms with Crippen molar-refractivity contribution in [3.8, 4) is 23.3 Å². The van der Waals surface area contributed by atoms with Crippen LogP contribution in [0.4, 0.5) is 0 Å². The van der Waals surface area contributed by atoms with E-state index in [1.807, 2.05) is 58.0 Å². The summed E-state index contributed by atoms with van der Waals surface area (Å²) in [6.07, 6.45) is 0.848. The number of ether oxygens (including phenoxy) is 2. The van der Waals surface area contributed by atoms with E-state index in [4.69, 9.17) is 9.47 Å². The first kappa shape index (κ1) is 21.8. The number of phenols is 1. The minimum absolute atomic E-state index is 0.118. The first-order valence-corrected chi connectivity index (χ1v) is 10.1. The summed E-state index contributed by atoms with van der Waals surface area (Å²) in [6, 6.07) is 11.2. The number of carbonyl (C=O) groups is 1. The van der Waals surface area contributed by atoms with Crippen molar-refractivity contribution in [2.24, 2.45) is 0 Å². The Bertz CT molecular complexity index is 1030. The van der Waals surface area contributed by atoms with E-state index in [0.717, 1.165) is 28.7 Å². The highest BCUT2D eigenvalue weighted by molar-refractivity contribution is 5.82. The van der Waals surface area contributed by atoms with Crippen LogP contribution in [0.15, 0.2) is 36.4 Å². The lowest BCUT2D eigenvalue weighted by molar-refractivity contribution is -0.146. The summed E-state index contributed by atoms with van der Waals surface area (Å²) in [5, 5.41) is 10.6. The van der Waals surface area contributed by atoms with Crippen molar-refractivity contribution in [2.45, 2.75) is 64.4 Å².